The van der Waals surface area contributed by atoms with Gasteiger partial charge in [-0.25, -0.2) is 0 Å². The van der Waals surface area contributed by atoms with E-state index in [0.29, 0.717) is 17.2 Å². The van der Waals surface area contributed by atoms with Crippen LogP contribution in [0.15, 0.2) is 35.1 Å². The van der Waals surface area contributed by atoms with Gasteiger partial charge in [-0.15, -0.1) is 12.4 Å². The van der Waals surface area contributed by atoms with Gasteiger partial charge in [-0.1, -0.05) is 18.2 Å². The van der Waals surface area contributed by atoms with Crippen LogP contribution in [0.1, 0.15) is 53.1 Å². The van der Waals surface area contributed by atoms with E-state index < -0.39 is 12.2 Å². The van der Waals surface area contributed by atoms with Crippen molar-refractivity contribution in [3.63, 3.8) is 0 Å². The molecule has 0 radical (unpaired) electrons. The Balaban J connectivity index is 0.00000342. The summed E-state index contributed by atoms with van der Waals surface area (Å²) in [4.78, 5) is 28.3. The molecule has 190 valence electrons. The number of piperidine rings is 1. The Morgan fingerprint density at radius 2 is 1.91 bits per heavy atom. The van der Waals surface area contributed by atoms with Crippen LogP contribution in [0.3, 0.4) is 0 Å². The van der Waals surface area contributed by atoms with Crippen molar-refractivity contribution in [3.05, 3.63) is 63.2 Å². The number of ether oxygens (including phenoxy) is 1. The zero-order chi connectivity index (χ0) is 24.4. The minimum absolute atomic E-state index is 0. The van der Waals surface area contributed by atoms with Gasteiger partial charge in [-0.05, 0) is 58.7 Å². The van der Waals surface area contributed by atoms with Crippen molar-refractivity contribution in [1.82, 2.24) is 20.2 Å². The lowest BCUT2D eigenvalue weighted by atomic mass is 9.91. The predicted octanol–water partition coefficient (Wildman–Crippen LogP) is 4.46. The molecule has 1 aliphatic rings. The molecule has 1 fully saturated rings. The van der Waals surface area contributed by atoms with Crippen molar-refractivity contribution in [1.29, 1.82) is 0 Å². The topological polar surface area (TPSA) is 88.2 Å². The van der Waals surface area contributed by atoms with Gasteiger partial charge < -0.3 is 24.9 Å². The van der Waals surface area contributed by atoms with Crippen LogP contribution in [0.25, 0.3) is 10.9 Å². The van der Waals surface area contributed by atoms with E-state index in [2.05, 4.69) is 31.8 Å². The first-order valence-corrected chi connectivity index (χ1v) is 11.5. The largest absolute Gasteiger partial charge is 0.434 e. The molecule has 0 spiro atoms. The normalized spacial score (nSPS) is 15.1. The summed E-state index contributed by atoms with van der Waals surface area (Å²) in [5, 5.41) is 6.96. The highest BCUT2D eigenvalue weighted by Crippen LogP contribution is 2.34. The second-order valence-corrected chi connectivity index (χ2v) is 8.86. The van der Waals surface area contributed by atoms with Gasteiger partial charge >= 0.3 is 6.61 Å². The van der Waals surface area contributed by atoms with Gasteiger partial charge in [-0.2, -0.15) is 8.78 Å². The number of H-pyrrole nitrogens is 1. The monoisotopic (exact) mass is 508 g/mol. The van der Waals surface area contributed by atoms with Crippen LogP contribution >= 0.6 is 12.4 Å². The maximum absolute atomic E-state index is 13.3. The molecule has 35 heavy (non-hydrogen) atoms. The zero-order valence-electron chi connectivity index (χ0n) is 20.0. The summed E-state index contributed by atoms with van der Waals surface area (Å²) >= 11 is 0. The first-order valence-electron chi connectivity index (χ1n) is 11.5. The molecule has 1 aromatic carbocycles. The van der Waals surface area contributed by atoms with E-state index in [1.54, 1.807) is 6.92 Å². The van der Waals surface area contributed by atoms with Gasteiger partial charge in [0.1, 0.15) is 5.75 Å². The number of benzene rings is 1. The molecule has 3 N–H and O–H groups in total. The number of carbonyl (C=O) groups excluding carboxylic acids is 1. The Morgan fingerprint density at radius 3 is 2.60 bits per heavy atom. The standard InChI is InChI=1S/C25H30F2N4O3.ClH/c1-14-12-21(34-25(26)27)19(23(32)30-14)13-29-24(33)22-16(3)31(20-7-5-4-6-18(20)22)15(2)17-8-10-28-11-9-17;/h4-7,12,15,17,25,28H,8-11,13H2,1-3H3,(H,29,33)(H,30,32);1H/t15-;/m0./s1. The predicted molar refractivity (Wildman–Crippen MR) is 134 cm³/mol. The van der Waals surface area contributed by atoms with Crippen molar-refractivity contribution < 1.29 is 18.3 Å². The van der Waals surface area contributed by atoms with Gasteiger partial charge in [0.2, 0.25) is 0 Å². The van der Waals surface area contributed by atoms with Gasteiger partial charge in [0.05, 0.1) is 17.7 Å². The van der Waals surface area contributed by atoms with E-state index in [0.717, 1.165) is 42.5 Å². The highest BCUT2D eigenvalue weighted by molar-refractivity contribution is 6.08. The fourth-order valence-electron chi connectivity index (χ4n) is 5.05. The van der Waals surface area contributed by atoms with E-state index >= 15 is 0 Å². The Morgan fingerprint density at radius 1 is 1.23 bits per heavy atom. The van der Waals surface area contributed by atoms with Crippen LogP contribution in [-0.2, 0) is 6.54 Å². The summed E-state index contributed by atoms with van der Waals surface area (Å²) < 4.78 is 32.5. The SMILES string of the molecule is Cc1cc(OC(F)F)c(CNC(=O)c2c(C)n([C@@H](C)C3CCNCC3)c3ccccc23)c(=O)[nH]1.Cl. The molecular formula is C25H31ClF2N4O3. The molecular weight excluding hydrogens is 478 g/mol. The average molecular weight is 509 g/mol. The number of aromatic amines is 1. The fraction of sp³-hybridized carbons (Fsp3) is 0.440. The number of nitrogens with zero attached hydrogens (tertiary/aromatic N) is 1. The second kappa shape index (κ2) is 11.2. The number of carbonyl (C=O) groups is 1. The lowest BCUT2D eigenvalue weighted by Crippen LogP contribution is -2.32. The first-order chi connectivity index (χ1) is 16.3. The fourth-order valence-corrected chi connectivity index (χ4v) is 5.05. The number of para-hydroxylation sites is 1. The number of hydrogen-bond donors (Lipinski definition) is 3. The maximum Gasteiger partial charge on any atom is 0.387 e. The van der Waals surface area contributed by atoms with Crippen LogP contribution in [0.4, 0.5) is 8.78 Å². The lowest BCUT2D eigenvalue weighted by Gasteiger charge is -2.30. The Hall–Kier alpha value is -2.91. The molecule has 0 aliphatic carbocycles. The molecule has 0 saturated carbocycles. The highest BCUT2D eigenvalue weighted by atomic mass is 35.5. The van der Waals surface area contributed by atoms with Gasteiger partial charge in [-0.3, -0.25) is 9.59 Å². The van der Waals surface area contributed by atoms with Crippen molar-refractivity contribution in [2.24, 2.45) is 5.92 Å². The number of aryl methyl sites for hydroxylation is 1. The number of alkyl halides is 2. The Bertz CT molecular complexity index is 1250. The summed E-state index contributed by atoms with van der Waals surface area (Å²) in [5.74, 6) is -0.116. The number of nitrogens with one attached hydrogen (secondary N) is 3. The summed E-state index contributed by atoms with van der Waals surface area (Å²) in [6, 6.07) is 9.29. The molecule has 1 aliphatic heterocycles. The third kappa shape index (κ3) is 5.51. The molecule has 4 rings (SSSR count). The van der Waals surface area contributed by atoms with Crippen molar-refractivity contribution in [2.75, 3.05) is 13.1 Å². The molecule has 1 saturated heterocycles. The molecule has 1 atom stereocenters. The first kappa shape index (κ1) is 26.7. The summed E-state index contributed by atoms with van der Waals surface area (Å²) in [6.45, 7) is 4.34. The van der Waals surface area contributed by atoms with Crippen LogP contribution in [0.2, 0.25) is 0 Å². The van der Waals surface area contributed by atoms with Crippen molar-refractivity contribution in [3.8, 4) is 5.75 Å². The zero-order valence-corrected chi connectivity index (χ0v) is 20.8. The number of aromatic nitrogens is 2. The van der Waals surface area contributed by atoms with Crippen LogP contribution < -0.4 is 20.9 Å². The molecule has 10 heteroatoms. The Labute approximate surface area is 208 Å². The van der Waals surface area contributed by atoms with Gasteiger partial charge in [0.15, 0.2) is 0 Å². The van der Waals surface area contributed by atoms with Gasteiger partial charge in [0, 0.05) is 34.4 Å². The number of hydrogen-bond acceptors (Lipinski definition) is 4. The van der Waals surface area contributed by atoms with Crippen LogP contribution in [0.5, 0.6) is 5.75 Å². The summed E-state index contributed by atoms with van der Waals surface area (Å²) in [6.07, 6.45) is 2.13. The van der Waals surface area contributed by atoms with E-state index in [9.17, 15) is 18.4 Å². The third-order valence-corrected chi connectivity index (χ3v) is 6.73. The number of fused-ring (bicyclic) bond motifs is 1. The van der Waals surface area contributed by atoms with Crippen LogP contribution in [-0.4, -0.2) is 35.2 Å². The Kier molecular flexibility index (Phi) is 8.56. The molecule has 3 aromatic rings. The van der Waals surface area contributed by atoms with E-state index in [-0.39, 0.29) is 42.2 Å². The highest BCUT2D eigenvalue weighted by Gasteiger charge is 2.27. The summed E-state index contributed by atoms with van der Waals surface area (Å²) in [5.41, 5.74) is 2.11. The number of rotatable bonds is 7. The minimum atomic E-state index is -3.08. The third-order valence-electron chi connectivity index (χ3n) is 6.73. The summed E-state index contributed by atoms with van der Waals surface area (Å²) in [7, 11) is 0. The quantitative estimate of drug-likeness (QED) is 0.439. The molecule has 7 nitrogen and oxygen atoms in total. The van der Waals surface area contributed by atoms with Crippen molar-refractivity contribution in [2.45, 2.75) is 52.8 Å². The second-order valence-electron chi connectivity index (χ2n) is 8.86. The van der Waals surface area contributed by atoms with E-state index in [1.165, 1.54) is 6.07 Å². The average Bonchev–Trinajstić information content (AvgIpc) is 3.09. The van der Waals surface area contributed by atoms with E-state index in [1.807, 2.05) is 31.2 Å². The molecule has 3 heterocycles. The molecule has 0 bridgehead atoms. The minimum Gasteiger partial charge on any atom is -0.434 e. The molecule has 0 unspecified atom stereocenters. The number of pyridine rings is 1. The van der Waals surface area contributed by atoms with Gasteiger partial charge in [0.25, 0.3) is 11.5 Å². The van der Waals surface area contributed by atoms with Crippen LogP contribution in [0, 0.1) is 19.8 Å². The number of amides is 1. The number of halogens is 3. The van der Waals surface area contributed by atoms with E-state index in [4.69, 9.17) is 0 Å². The van der Waals surface area contributed by atoms with Crippen molar-refractivity contribution >= 4 is 29.2 Å². The maximum atomic E-state index is 13.3. The smallest absolute Gasteiger partial charge is 0.387 e. The lowest BCUT2D eigenvalue weighted by molar-refractivity contribution is -0.0506. The molecule has 2 aromatic heterocycles. The molecule has 1 amide bonds.